The van der Waals surface area contributed by atoms with Crippen LogP contribution in [0.15, 0.2) is 243 Å². The predicted octanol–water partition coefficient (Wildman–Crippen LogP) is 16.1. The standard InChI is InChI=1S/C58H40N2/c1-4-17-41(18-5-1)42-31-33-48(34-32-42)59(57-39-46-24-11-10-23-45(46)38-55(57)44-21-8-3-9-22-44)50-35-36-54-53-29-14-15-30-56(53)60(58(54)40-50)49-26-16-25-47(37-49)52-28-13-12-27-51(52)43-19-6-2-7-20-43/h1-40H. The molecule has 0 aliphatic heterocycles. The number of benzene rings is 10. The van der Waals surface area contributed by atoms with Gasteiger partial charge in [0.05, 0.1) is 16.7 Å². The highest BCUT2D eigenvalue weighted by atomic mass is 15.1. The van der Waals surface area contributed by atoms with E-state index in [0.29, 0.717) is 0 Å². The summed E-state index contributed by atoms with van der Waals surface area (Å²) in [5.41, 5.74) is 16.3. The van der Waals surface area contributed by atoms with Crippen LogP contribution < -0.4 is 4.90 Å². The zero-order valence-electron chi connectivity index (χ0n) is 33.0. The van der Waals surface area contributed by atoms with Crippen molar-refractivity contribution in [2.24, 2.45) is 0 Å². The Balaban J connectivity index is 1.14. The highest BCUT2D eigenvalue weighted by molar-refractivity contribution is 6.11. The third kappa shape index (κ3) is 6.32. The maximum Gasteiger partial charge on any atom is 0.0561 e. The van der Waals surface area contributed by atoms with Crippen LogP contribution in [-0.2, 0) is 0 Å². The first-order valence-electron chi connectivity index (χ1n) is 20.6. The average molecular weight is 765 g/mol. The van der Waals surface area contributed by atoms with Crippen LogP contribution in [0, 0.1) is 0 Å². The number of rotatable bonds is 8. The van der Waals surface area contributed by atoms with Crippen molar-refractivity contribution in [1.82, 2.24) is 4.57 Å². The zero-order valence-corrected chi connectivity index (χ0v) is 33.0. The summed E-state index contributed by atoms with van der Waals surface area (Å²) in [6, 6.07) is 88.0. The molecule has 282 valence electrons. The summed E-state index contributed by atoms with van der Waals surface area (Å²) in [6.45, 7) is 0. The van der Waals surface area contributed by atoms with E-state index in [9.17, 15) is 0 Å². The van der Waals surface area contributed by atoms with E-state index in [1.807, 2.05) is 0 Å². The number of hydrogen-bond donors (Lipinski definition) is 0. The lowest BCUT2D eigenvalue weighted by Gasteiger charge is -2.29. The van der Waals surface area contributed by atoms with Crippen molar-refractivity contribution in [2.45, 2.75) is 0 Å². The Morgan fingerprint density at radius 2 is 0.800 bits per heavy atom. The fourth-order valence-electron chi connectivity index (χ4n) is 8.92. The highest BCUT2D eigenvalue weighted by Gasteiger charge is 2.21. The molecule has 0 unspecified atom stereocenters. The van der Waals surface area contributed by atoms with Crippen molar-refractivity contribution < 1.29 is 0 Å². The van der Waals surface area contributed by atoms with Gasteiger partial charge in [0.25, 0.3) is 0 Å². The number of fused-ring (bicyclic) bond motifs is 4. The van der Waals surface area contributed by atoms with Crippen LogP contribution >= 0.6 is 0 Å². The molecule has 0 N–H and O–H groups in total. The van der Waals surface area contributed by atoms with E-state index in [4.69, 9.17) is 0 Å². The summed E-state index contributed by atoms with van der Waals surface area (Å²) in [5.74, 6) is 0. The monoisotopic (exact) mass is 764 g/mol. The first-order valence-corrected chi connectivity index (χ1v) is 20.6. The minimum Gasteiger partial charge on any atom is -0.310 e. The molecule has 1 aromatic heterocycles. The molecule has 0 saturated carbocycles. The van der Waals surface area contributed by atoms with Crippen LogP contribution in [0.5, 0.6) is 0 Å². The van der Waals surface area contributed by atoms with Gasteiger partial charge in [0.15, 0.2) is 0 Å². The summed E-state index contributed by atoms with van der Waals surface area (Å²) in [7, 11) is 0. The van der Waals surface area contributed by atoms with Crippen LogP contribution in [-0.4, -0.2) is 4.57 Å². The van der Waals surface area contributed by atoms with Crippen LogP contribution in [0.1, 0.15) is 0 Å². The third-order valence-corrected chi connectivity index (χ3v) is 11.8. The van der Waals surface area contributed by atoms with Crippen molar-refractivity contribution in [1.29, 1.82) is 0 Å². The summed E-state index contributed by atoms with van der Waals surface area (Å²) in [6.07, 6.45) is 0. The topological polar surface area (TPSA) is 8.17 Å². The average Bonchev–Trinajstić information content (AvgIpc) is 3.66. The molecule has 60 heavy (non-hydrogen) atoms. The van der Waals surface area contributed by atoms with Crippen LogP contribution in [0.3, 0.4) is 0 Å². The second-order valence-electron chi connectivity index (χ2n) is 15.3. The van der Waals surface area contributed by atoms with Gasteiger partial charge in [0.1, 0.15) is 0 Å². The summed E-state index contributed by atoms with van der Waals surface area (Å²) >= 11 is 0. The van der Waals surface area contributed by atoms with E-state index in [1.165, 1.54) is 71.6 Å². The molecule has 0 amide bonds. The van der Waals surface area contributed by atoms with E-state index >= 15 is 0 Å². The largest absolute Gasteiger partial charge is 0.310 e. The maximum atomic E-state index is 2.44. The second-order valence-corrected chi connectivity index (χ2v) is 15.3. The van der Waals surface area contributed by atoms with Crippen molar-refractivity contribution in [3.8, 4) is 50.2 Å². The first kappa shape index (κ1) is 35.2. The molecular formula is C58H40N2. The highest BCUT2D eigenvalue weighted by Crippen LogP contribution is 2.45. The minimum atomic E-state index is 1.08. The maximum absolute atomic E-state index is 2.44. The number of nitrogens with zero attached hydrogens (tertiary/aromatic N) is 2. The molecule has 0 aliphatic carbocycles. The molecule has 0 aliphatic rings. The van der Waals surface area contributed by atoms with Crippen LogP contribution in [0.4, 0.5) is 17.1 Å². The molecule has 0 fully saturated rings. The smallest absolute Gasteiger partial charge is 0.0561 e. The summed E-state index contributed by atoms with van der Waals surface area (Å²) in [4.78, 5) is 2.44. The van der Waals surface area contributed by atoms with E-state index in [2.05, 4.69) is 252 Å². The van der Waals surface area contributed by atoms with E-state index < -0.39 is 0 Å². The first-order chi connectivity index (χ1) is 29.8. The van der Waals surface area contributed by atoms with Crippen molar-refractivity contribution in [3.63, 3.8) is 0 Å². The fourth-order valence-corrected chi connectivity index (χ4v) is 8.92. The van der Waals surface area contributed by atoms with Gasteiger partial charge >= 0.3 is 0 Å². The SMILES string of the molecule is c1ccc(-c2ccc(N(c3ccc4c5ccccc5n(-c5cccc(-c6ccccc6-c6ccccc6)c5)c4c3)c3cc4ccccc4cc3-c3ccccc3)cc2)cc1. The Hall–Kier alpha value is -7.94. The molecule has 10 aromatic carbocycles. The Labute approximate surface area is 350 Å². The third-order valence-electron chi connectivity index (χ3n) is 11.8. The Morgan fingerprint density at radius 3 is 1.52 bits per heavy atom. The molecule has 0 atom stereocenters. The molecule has 0 bridgehead atoms. The van der Waals surface area contributed by atoms with Gasteiger partial charge < -0.3 is 9.47 Å². The zero-order chi connectivity index (χ0) is 39.8. The van der Waals surface area contributed by atoms with Gasteiger partial charge in [0.2, 0.25) is 0 Å². The van der Waals surface area contributed by atoms with Gasteiger partial charge in [-0.15, -0.1) is 0 Å². The lowest BCUT2D eigenvalue weighted by atomic mass is 9.94. The Kier molecular flexibility index (Phi) is 8.87. The molecule has 11 rings (SSSR count). The molecule has 2 heteroatoms. The van der Waals surface area contributed by atoms with Gasteiger partial charge in [-0.3, -0.25) is 0 Å². The second kappa shape index (κ2) is 15.1. The van der Waals surface area contributed by atoms with Gasteiger partial charge in [-0.05, 0) is 104 Å². The lowest BCUT2D eigenvalue weighted by molar-refractivity contribution is 1.18. The van der Waals surface area contributed by atoms with Gasteiger partial charge in [0, 0.05) is 33.4 Å². The molecule has 11 aromatic rings. The fraction of sp³-hybridized carbons (Fsp3) is 0. The van der Waals surface area contributed by atoms with Crippen LogP contribution in [0.25, 0.3) is 82.8 Å². The van der Waals surface area contributed by atoms with Crippen molar-refractivity contribution in [2.75, 3.05) is 4.90 Å². The van der Waals surface area contributed by atoms with Crippen LogP contribution in [0.2, 0.25) is 0 Å². The van der Waals surface area contributed by atoms with E-state index in [0.717, 1.165) is 28.3 Å². The Bertz CT molecular complexity index is 3290. The Morgan fingerprint density at radius 1 is 0.283 bits per heavy atom. The molecule has 1 heterocycles. The normalized spacial score (nSPS) is 11.3. The summed E-state index contributed by atoms with van der Waals surface area (Å²) in [5, 5.41) is 4.85. The lowest BCUT2D eigenvalue weighted by Crippen LogP contribution is -2.11. The summed E-state index contributed by atoms with van der Waals surface area (Å²) < 4.78 is 2.44. The molecule has 0 radical (unpaired) electrons. The number of aromatic nitrogens is 1. The van der Waals surface area contributed by atoms with E-state index in [1.54, 1.807) is 0 Å². The molecule has 0 saturated heterocycles. The number of anilines is 3. The quantitative estimate of drug-likeness (QED) is 0.150. The predicted molar refractivity (Wildman–Crippen MR) is 255 cm³/mol. The minimum absolute atomic E-state index is 1.08. The van der Waals surface area contributed by atoms with Gasteiger partial charge in [-0.25, -0.2) is 0 Å². The molecule has 2 nitrogen and oxygen atoms in total. The number of hydrogen-bond acceptors (Lipinski definition) is 1. The molecule has 0 spiro atoms. The van der Waals surface area contributed by atoms with E-state index in [-0.39, 0.29) is 0 Å². The van der Waals surface area contributed by atoms with Crippen molar-refractivity contribution in [3.05, 3.63) is 243 Å². The number of para-hydroxylation sites is 1. The van der Waals surface area contributed by atoms with Gasteiger partial charge in [-0.2, -0.15) is 0 Å². The van der Waals surface area contributed by atoms with Crippen molar-refractivity contribution >= 4 is 49.6 Å². The van der Waals surface area contributed by atoms with Gasteiger partial charge in [-0.1, -0.05) is 188 Å². The molecular weight excluding hydrogens is 725 g/mol.